The lowest BCUT2D eigenvalue weighted by molar-refractivity contribution is -0.115. The Bertz CT molecular complexity index is 547. The van der Waals surface area contributed by atoms with E-state index in [0.717, 1.165) is 10.7 Å². The molecule has 2 aromatic rings. The van der Waals surface area contributed by atoms with Crippen LogP contribution in [0.5, 0.6) is 0 Å². The normalized spacial score (nSPS) is 10.1. The molecule has 0 aliphatic rings. The van der Waals surface area contributed by atoms with Gasteiger partial charge in [-0.3, -0.25) is 4.79 Å². The van der Waals surface area contributed by atoms with E-state index in [-0.39, 0.29) is 5.91 Å². The van der Waals surface area contributed by atoms with Crippen LogP contribution in [0.3, 0.4) is 0 Å². The number of hydrogen-bond donors (Lipinski definition) is 2. The molecule has 3 N–H and O–H groups in total. The van der Waals surface area contributed by atoms with Crippen molar-refractivity contribution in [3.05, 3.63) is 42.9 Å². The first-order valence-corrected chi connectivity index (χ1v) is 6.77. The van der Waals surface area contributed by atoms with E-state index in [4.69, 9.17) is 5.73 Å². The van der Waals surface area contributed by atoms with E-state index in [1.165, 1.54) is 18.1 Å². The maximum Gasteiger partial charge on any atom is 0.225 e. The summed E-state index contributed by atoms with van der Waals surface area (Å²) in [7, 11) is 0. The standard InChI is InChI=1S/C13H14N4OS/c14-10-2-1-3-11(8-10)17-12(18)5-7-19-13-4-6-15-9-16-13/h1-4,6,8-9H,5,7,14H2,(H,17,18). The minimum Gasteiger partial charge on any atom is -0.399 e. The van der Waals surface area contributed by atoms with Gasteiger partial charge in [0.05, 0.1) is 5.03 Å². The van der Waals surface area contributed by atoms with Gasteiger partial charge in [-0.15, -0.1) is 11.8 Å². The summed E-state index contributed by atoms with van der Waals surface area (Å²) in [6.45, 7) is 0. The molecule has 98 valence electrons. The molecule has 1 aromatic carbocycles. The first-order chi connectivity index (χ1) is 9.24. The van der Waals surface area contributed by atoms with Crippen molar-refractivity contribution in [1.82, 2.24) is 9.97 Å². The summed E-state index contributed by atoms with van der Waals surface area (Å²) >= 11 is 1.53. The van der Waals surface area contributed by atoms with Crippen molar-refractivity contribution in [3.63, 3.8) is 0 Å². The predicted molar refractivity (Wildman–Crippen MR) is 76.9 cm³/mol. The Morgan fingerprint density at radius 2 is 2.26 bits per heavy atom. The summed E-state index contributed by atoms with van der Waals surface area (Å²) < 4.78 is 0. The van der Waals surface area contributed by atoms with Crippen molar-refractivity contribution in [2.24, 2.45) is 0 Å². The zero-order valence-electron chi connectivity index (χ0n) is 10.2. The van der Waals surface area contributed by atoms with E-state index in [2.05, 4.69) is 15.3 Å². The van der Waals surface area contributed by atoms with Gasteiger partial charge < -0.3 is 11.1 Å². The molecule has 0 fully saturated rings. The zero-order valence-corrected chi connectivity index (χ0v) is 11.1. The highest BCUT2D eigenvalue weighted by Gasteiger charge is 2.03. The van der Waals surface area contributed by atoms with Crippen molar-refractivity contribution in [2.75, 3.05) is 16.8 Å². The van der Waals surface area contributed by atoms with Gasteiger partial charge in [-0.1, -0.05) is 6.07 Å². The van der Waals surface area contributed by atoms with Gasteiger partial charge in [0, 0.05) is 29.7 Å². The lowest BCUT2D eigenvalue weighted by atomic mass is 10.3. The Morgan fingerprint density at radius 3 is 3.00 bits per heavy atom. The third kappa shape index (κ3) is 4.59. The van der Waals surface area contributed by atoms with Crippen LogP contribution in [0, 0.1) is 0 Å². The van der Waals surface area contributed by atoms with Crippen molar-refractivity contribution in [3.8, 4) is 0 Å². The summed E-state index contributed by atoms with van der Waals surface area (Å²) in [6.07, 6.45) is 3.60. The number of nitrogens with zero attached hydrogens (tertiary/aromatic N) is 2. The quantitative estimate of drug-likeness (QED) is 0.496. The molecule has 0 aliphatic heterocycles. The first kappa shape index (κ1) is 13.4. The topological polar surface area (TPSA) is 80.9 Å². The van der Waals surface area contributed by atoms with E-state index in [0.29, 0.717) is 17.9 Å². The minimum atomic E-state index is -0.0350. The molecule has 19 heavy (non-hydrogen) atoms. The predicted octanol–water partition coefficient (Wildman–Crippen LogP) is 2.18. The Hall–Kier alpha value is -2.08. The molecule has 1 aromatic heterocycles. The van der Waals surface area contributed by atoms with Crippen LogP contribution < -0.4 is 11.1 Å². The highest BCUT2D eigenvalue weighted by Crippen LogP contribution is 2.16. The molecule has 0 aliphatic carbocycles. The fraction of sp³-hybridized carbons (Fsp3) is 0.154. The van der Waals surface area contributed by atoms with E-state index in [1.54, 1.807) is 24.4 Å². The fourth-order valence-corrected chi connectivity index (χ4v) is 2.23. The van der Waals surface area contributed by atoms with Crippen LogP contribution >= 0.6 is 11.8 Å². The summed E-state index contributed by atoms with van der Waals surface area (Å²) in [5.41, 5.74) is 6.99. The second-order valence-electron chi connectivity index (χ2n) is 3.82. The minimum absolute atomic E-state index is 0.0350. The summed E-state index contributed by atoms with van der Waals surface area (Å²) in [5.74, 6) is 0.637. The SMILES string of the molecule is Nc1cccc(NC(=O)CCSc2ccncn2)c1. The molecule has 0 saturated heterocycles. The molecular weight excluding hydrogens is 260 g/mol. The molecule has 0 radical (unpaired) electrons. The number of carbonyl (C=O) groups is 1. The van der Waals surface area contributed by atoms with E-state index >= 15 is 0 Å². The fourth-order valence-electron chi connectivity index (χ4n) is 1.45. The maximum atomic E-state index is 11.7. The number of nitrogens with two attached hydrogens (primary N) is 1. The number of benzene rings is 1. The summed E-state index contributed by atoms with van der Waals surface area (Å²) in [5, 5.41) is 3.67. The van der Waals surface area contributed by atoms with Gasteiger partial charge in [0.15, 0.2) is 0 Å². The number of hydrogen-bond acceptors (Lipinski definition) is 5. The average molecular weight is 274 g/mol. The number of amides is 1. The second-order valence-corrected chi connectivity index (χ2v) is 4.93. The lowest BCUT2D eigenvalue weighted by Gasteiger charge is -2.05. The van der Waals surface area contributed by atoms with Gasteiger partial charge in [0.25, 0.3) is 0 Å². The zero-order chi connectivity index (χ0) is 13.5. The van der Waals surface area contributed by atoms with Crippen LogP contribution in [0.4, 0.5) is 11.4 Å². The van der Waals surface area contributed by atoms with Crippen LogP contribution in [-0.4, -0.2) is 21.6 Å². The molecule has 6 heteroatoms. The molecule has 0 saturated carbocycles. The highest BCUT2D eigenvalue weighted by molar-refractivity contribution is 7.99. The van der Waals surface area contributed by atoms with Crippen LogP contribution in [0.1, 0.15) is 6.42 Å². The average Bonchev–Trinajstić information content (AvgIpc) is 2.40. The van der Waals surface area contributed by atoms with Crippen molar-refractivity contribution in [1.29, 1.82) is 0 Å². The van der Waals surface area contributed by atoms with E-state index < -0.39 is 0 Å². The third-order valence-corrected chi connectivity index (χ3v) is 3.25. The molecule has 5 nitrogen and oxygen atoms in total. The maximum absolute atomic E-state index is 11.7. The third-order valence-electron chi connectivity index (χ3n) is 2.30. The number of aromatic nitrogens is 2. The number of nitrogen functional groups attached to an aromatic ring is 1. The van der Waals surface area contributed by atoms with Gasteiger partial charge >= 0.3 is 0 Å². The Kier molecular flexibility index (Phi) is 4.74. The first-order valence-electron chi connectivity index (χ1n) is 5.78. The summed E-state index contributed by atoms with van der Waals surface area (Å²) in [6, 6.07) is 8.95. The number of rotatable bonds is 5. The van der Waals surface area contributed by atoms with Gasteiger partial charge in [-0.25, -0.2) is 9.97 Å². The molecule has 1 amide bonds. The van der Waals surface area contributed by atoms with Crippen LogP contribution in [0.25, 0.3) is 0 Å². The molecule has 1 heterocycles. The second kappa shape index (κ2) is 6.75. The molecule has 0 bridgehead atoms. The number of thioether (sulfide) groups is 1. The van der Waals surface area contributed by atoms with Crippen molar-refractivity contribution in [2.45, 2.75) is 11.4 Å². The molecular formula is C13H14N4OS. The number of nitrogens with one attached hydrogen (secondary N) is 1. The molecule has 0 unspecified atom stereocenters. The Labute approximate surface area is 115 Å². The van der Waals surface area contributed by atoms with Gasteiger partial charge in [0.2, 0.25) is 5.91 Å². The largest absolute Gasteiger partial charge is 0.399 e. The highest BCUT2D eigenvalue weighted by atomic mass is 32.2. The van der Waals surface area contributed by atoms with Gasteiger partial charge in [0.1, 0.15) is 6.33 Å². The smallest absolute Gasteiger partial charge is 0.225 e. The molecule has 0 spiro atoms. The lowest BCUT2D eigenvalue weighted by Crippen LogP contribution is -2.12. The number of anilines is 2. The Balaban J connectivity index is 1.76. The van der Waals surface area contributed by atoms with Crippen LogP contribution in [0.15, 0.2) is 47.9 Å². The molecule has 2 rings (SSSR count). The van der Waals surface area contributed by atoms with E-state index in [9.17, 15) is 4.79 Å². The van der Waals surface area contributed by atoms with Crippen molar-refractivity contribution < 1.29 is 4.79 Å². The summed E-state index contributed by atoms with van der Waals surface area (Å²) in [4.78, 5) is 19.6. The van der Waals surface area contributed by atoms with Crippen molar-refractivity contribution >= 4 is 29.0 Å². The van der Waals surface area contributed by atoms with Gasteiger partial charge in [-0.2, -0.15) is 0 Å². The molecule has 0 atom stereocenters. The number of carbonyl (C=O) groups excluding carboxylic acids is 1. The van der Waals surface area contributed by atoms with Crippen LogP contribution in [0.2, 0.25) is 0 Å². The Morgan fingerprint density at radius 1 is 1.37 bits per heavy atom. The van der Waals surface area contributed by atoms with Gasteiger partial charge in [-0.05, 0) is 24.3 Å². The van der Waals surface area contributed by atoms with Crippen LogP contribution in [-0.2, 0) is 4.79 Å². The monoisotopic (exact) mass is 274 g/mol. The van der Waals surface area contributed by atoms with E-state index in [1.807, 2.05) is 12.1 Å².